The Morgan fingerprint density at radius 2 is 1.87 bits per heavy atom. The summed E-state index contributed by atoms with van der Waals surface area (Å²) in [7, 11) is 1.53. The minimum absolute atomic E-state index is 0.195. The van der Waals surface area contributed by atoms with Crippen LogP contribution in [0.1, 0.15) is 10.4 Å². The summed E-state index contributed by atoms with van der Waals surface area (Å²) < 4.78 is 45.5. The van der Waals surface area contributed by atoms with E-state index in [2.05, 4.69) is 15.0 Å². The molecule has 0 spiro atoms. The number of hydrogen-bond acceptors (Lipinski definition) is 4. The van der Waals surface area contributed by atoms with Gasteiger partial charge in [-0.3, -0.25) is 4.79 Å². The SMILES string of the molecule is COc1ccc(NC(=O)c2ccc(OCC(F)(F)F)nc2)cc1. The number of amides is 1. The number of hydrogen-bond donors (Lipinski definition) is 1. The third-order valence-corrected chi connectivity index (χ3v) is 2.73. The monoisotopic (exact) mass is 326 g/mol. The van der Waals surface area contributed by atoms with Crippen LogP contribution in [0.25, 0.3) is 0 Å². The van der Waals surface area contributed by atoms with Gasteiger partial charge < -0.3 is 14.8 Å². The van der Waals surface area contributed by atoms with Crippen molar-refractivity contribution in [3.8, 4) is 11.6 Å². The number of nitrogens with one attached hydrogen (secondary N) is 1. The fourth-order valence-electron chi connectivity index (χ4n) is 1.63. The Labute approximate surface area is 130 Å². The molecule has 23 heavy (non-hydrogen) atoms. The zero-order valence-electron chi connectivity index (χ0n) is 12.1. The third kappa shape index (κ3) is 5.17. The zero-order valence-corrected chi connectivity index (χ0v) is 12.1. The van der Waals surface area contributed by atoms with Crippen molar-refractivity contribution in [1.29, 1.82) is 0 Å². The van der Waals surface area contributed by atoms with Gasteiger partial charge in [-0.15, -0.1) is 0 Å². The van der Waals surface area contributed by atoms with E-state index in [0.717, 1.165) is 6.20 Å². The molecule has 0 bridgehead atoms. The minimum atomic E-state index is -4.44. The highest BCUT2D eigenvalue weighted by Gasteiger charge is 2.28. The van der Waals surface area contributed by atoms with Gasteiger partial charge in [-0.25, -0.2) is 4.98 Å². The minimum Gasteiger partial charge on any atom is -0.497 e. The summed E-state index contributed by atoms with van der Waals surface area (Å²) in [4.78, 5) is 15.7. The number of halogens is 3. The van der Waals surface area contributed by atoms with Crippen molar-refractivity contribution >= 4 is 11.6 Å². The second kappa shape index (κ2) is 6.99. The Morgan fingerprint density at radius 1 is 1.17 bits per heavy atom. The standard InChI is InChI=1S/C15H13F3N2O3/c1-22-12-5-3-11(4-6-12)20-14(21)10-2-7-13(19-8-10)23-9-15(16,17)18/h2-8H,9H2,1H3,(H,20,21). The van der Waals surface area contributed by atoms with Gasteiger partial charge >= 0.3 is 6.18 Å². The van der Waals surface area contributed by atoms with Crippen molar-refractivity contribution in [1.82, 2.24) is 4.98 Å². The number of pyridine rings is 1. The predicted octanol–water partition coefficient (Wildman–Crippen LogP) is 3.28. The summed E-state index contributed by atoms with van der Waals surface area (Å²) in [6.07, 6.45) is -3.29. The lowest BCUT2D eigenvalue weighted by molar-refractivity contribution is -0.154. The number of aromatic nitrogens is 1. The Balaban J connectivity index is 1.96. The van der Waals surface area contributed by atoms with Crippen molar-refractivity contribution in [2.75, 3.05) is 19.0 Å². The van der Waals surface area contributed by atoms with Crippen LogP contribution in [-0.2, 0) is 0 Å². The highest BCUT2D eigenvalue weighted by atomic mass is 19.4. The van der Waals surface area contributed by atoms with E-state index in [1.807, 2.05) is 0 Å². The molecule has 0 saturated carbocycles. The molecule has 0 radical (unpaired) electrons. The molecule has 1 aromatic carbocycles. The van der Waals surface area contributed by atoms with Gasteiger partial charge in [0.1, 0.15) is 5.75 Å². The first-order valence-corrected chi connectivity index (χ1v) is 6.48. The molecule has 0 aliphatic carbocycles. The first-order valence-electron chi connectivity index (χ1n) is 6.48. The number of anilines is 1. The lowest BCUT2D eigenvalue weighted by Gasteiger charge is -2.09. The first-order chi connectivity index (χ1) is 10.9. The van der Waals surface area contributed by atoms with Crippen LogP contribution in [0.15, 0.2) is 42.6 Å². The molecule has 0 unspecified atom stereocenters. The topological polar surface area (TPSA) is 60.5 Å². The second-order valence-electron chi connectivity index (χ2n) is 4.47. The number of carbonyl (C=O) groups excluding carboxylic acids is 1. The number of carbonyl (C=O) groups is 1. The average molecular weight is 326 g/mol. The van der Waals surface area contributed by atoms with Gasteiger partial charge in [-0.1, -0.05) is 0 Å². The van der Waals surface area contributed by atoms with Crippen molar-refractivity contribution < 1.29 is 27.4 Å². The van der Waals surface area contributed by atoms with Gasteiger partial charge in [-0.05, 0) is 30.3 Å². The number of nitrogens with zero attached hydrogens (tertiary/aromatic N) is 1. The molecular weight excluding hydrogens is 313 g/mol. The van der Waals surface area contributed by atoms with Crippen LogP contribution in [0.3, 0.4) is 0 Å². The molecule has 1 heterocycles. The highest BCUT2D eigenvalue weighted by Crippen LogP contribution is 2.18. The summed E-state index contributed by atoms with van der Waals surface area (Å²) in [5, 5.41) is 2.63. The Bertz CT molecular complexity index is 655. The molecule has 2 aromatic rings. The summed E-state index contributed by atoms with van der Waals surface area (Å²) >= 11 is 0. The molecule has 0 atom stereocenters. The maximum absolute atomic E-state index is 12.0. The maximum Gasteiger partial charge on any atom is 0.422 e. The first kappa shape index (κ1) is 16.6. The fraction of sp³-hybridized carbons (Fsp3) is 0.200. The van der Waals surface area contributed by atoms with Crippen molar-refractivity contribution in [2.45, 2.75) is 6.18 Å². The molecule has 122 valence electrons. The quantitative estimate of drug-likeness (QED) is 0.916. The van der Waals surface area contributed by atoms with Crippen LogP contribution in [-0.4, -0.2) is 30.8 Å². The van der Waals surface area contributed by atoms with Crippen LogP contribution in [0.2, 0.25) is 0 Å². The van der Waals surface area contributed by atoms with Crippen molar-refractivity contribution in [3.05, 3.63) is 48.2 Å². The molecule has 0 fully saturated rings. The number of benzene rings is 1. The number of alkyl halides is 3. The van der Waals surface area contributed by atoms with Gasteiger partial charge in [-0.2, -0.15) is 13.2 Å². The maximum atomic E-state index is 12.0. The molecular formula is C15H13F3N2O3. The highest BCUT2D eigenvalue weighted by molar-refractivity contribution is 6.04. The van der Waals surface area contributed by atoms with E-state index in [0.29, 0.717) is 11.4 Å². The number of ether oxygens (including phenoxy) is 2. The summed E-state index contributed by atoms with van der Waals surface area (Å²) in [5.41, 5.74) is 0.744. The van der Waals surface area contributed by atoms with E-state index in [4.69, 9.17) is 4.74 Å². The summed E-state index contributed by atoms with van der Waals surface area (Å²) in [5.74, 6) is 0.00388. The molecule has 8 heteroatoms. The van der Waals surface area contributed by atoms with E-state index in [-0.39, 0.29) is 11.4 Å². The van der Waals surface area contributed by atoms with E-state index >= 15 is 0 Å². The number of methoxy groups -OCH3 is 1. The van der Waals surface area contributed by atoms with Crippen LogP contribution in [0.5, 0.6) is 11.6 Å². The molecule has 5 nitrogen and oxygen atoms in total. The number of rotatable bonds is 5. The van der Waals surface area contributed by atoms with E-state index in [9.17, 15) is 18.0 Å². The molecule has 1 amide bonds. The van der Waals surface area contributed by atoms with E-state index < -0.39 is 18.7 Å². The normalized spacial score (nSPS) is 11.0. The van der Waals surface area contributed by atoms with Crippen LogP contribution < -0.4 is 14.8 Å². The van der Waals surface area contributed by atoms with Gasteiger partial charge in [0.15, 0.2) is 6.61 Å². The lowest BCUT2D eigenvalue weighted by Crippen LogP contribution is -2.19. The zero-order chi connectivity index (χ0) is 16.9. The van der Waals surface area contributed by atoms with Crippen LogP contribution in [0.4, 0.5) is 18.9 Å². The molecule has 0 saturated heterocycles. The van der Waals surface area contributed by atoms with Crippen LogP contribution in [0, 0.1) is 0 Å². The summed E-state index contributed by atoms with van der Waals surface area (Å²) in [6.45, 7) is -1.43. The second-order valence-corrected chi connectivity index (χ2v) is 4.47. The van der Waals surface area contributed by atoms with Gasteiger partial charge in [0.2, 0.25) is 5.88 Å². The Morgan fingerprint density at radius 3 is 2.39 bits per heavy atom. The molecule has 0 aliphatic heterocycles. The Kier molecular flexibility index (Phi) is 5.05. The molecule has 0 aliphatic rings. The third-order valence-electron chi connectivity index (χ3n) is 2.73. The molecule has 2 rings (SSSR count). The summed E-state index contributed by atoms with van der Waals surface area (Å²) in [6, 6.07) is 9.21. The fourth-order valence-corrected chi connectivity index (χ4v) is 1.63. The molecule has 1 N–H and O–H groups in total. The van der Waals surface area contributed by atoms with Crippen molar-refractivity contribution in [3.63, 3.8) is 0 Å². The van der Waals surface area contributed by atoms with Gasteiger partial charge in [0.25, 0.3) is 5.91 Å². The molecule has 1 aromatic heterocycles. The van der Waals surface area contributed by atoms with Crippen molar-refractivity contribution in [2.24, 2.45) is 0 Å². The Hall–Kier alpha value is -2.77. The average Bonchev–Trinajstić information content (AvgIpc) is 2.53. The predicted molar refractivity (Wildman–Crippen MR) is 76.7 cm³/mol. The largest absolute Gasteiger partial charge is 0.497 e. The van der Waals surface area contributed by atoms with E-state index in [1.54, 1.807) is 24.3 Å². The van der Waals surface area contributed by atoms with Crippen LogP contribution >= 0.6 is 0 Å². The van der Waals surface area contributed by atoms with E-state index in [1.165, 1.54) is 19.2 Å². The van der Waals surface area contributed by atoms with Gasteiger partial charge in [0.05, 0.1) is 12.7 Å². The van der Waals surface area contributed by atoms with Gasteiger partial charge in [0, 0.05) is 18.0 Å². The lowest BCUT2D eigenvalue weighted by atomic mass is 10.2. The smallest absolute Gasteiger partial charge is 0.422 e.